The van der Waals surface area contributed by atoms with E-state index in [1.165, 1.54) is 12.5 Å². The van der Waals surface area contributed by atoms with Gasteiger partial charge in [-0.05, 0) is 90.3 Å². The molecule has 0 radical (unpaired) electrons. The van der Waals surface area contributed by atoms with Crippen LogP contribution in [0, 0.1) is 13.8 Å². The Morgan fingerprint density at radius 3 is 1.98 bits per heavy atom. The third-order valence-electron chi connectivity index (χ3n) is 6.82. The molecule has 0 aliphatic carbocycles. The van der Waals surface area contributed by atoms with Crippen LogP contribution in [0.2, 0.25) is 0 Å². The number of benzene rings is 3. The molecule has 0 fully saturated rings. The van der Waals surface area contributed by atoms with E-state index in [0.717, 1.165) is 22.3 Å². The lowest BCUT2D eigenvalue weighted by Gasteiger charge is -2.23. The van der Waals surface area contributed by atoms with Crippen LogP contribution in [0.5, 0.6) is 5.75 Å². The van der Waals surface area contributed by atoms with Crippen molar-refractivity contribution in [2.45, 2.75) is 78.5 Å². The normalized spacial score (nSPS) is 12.6. The van der Waals surface area contributed by atoms with Gasteiger partial charge in [-0.3, -0.25) is 9.59 Å². The highest BCUT2D eigenvalue weighted by molar-refractivity contribution is 5.94. The van der Waals surface area contributed by atoms with E-state index < -0.39 is 18.7 Å². The number of carbonyl (C=O) groups is 2. The molecular formula is C33H38F3NO3. The lowest BCUT2D eigenvalue weighted by Crippen LogP contribution is -2.25. The summed E-state index contributed by atoms with van der Waals surface area (Å²) < 4.78 is 45.6. The molecule has 40 heavy (non-hydrogen) atoms. The van der Waals surface area contributed by atoms with Gasteiger partial charge >= 0.3 is 6.18 Å². The molecule has 1 N–H and O–H groups in total. The van der Waals surface area contributed by atoms with Crippen molar-refractivity contribution in [1.29, 1.82) is 0 Å². The fourth-order valence-corrected chi connectivity index (χ4v) is 4.64. The van der Waals surface area contributed by atoms with Crippen molar-refractivity contribution >= 4 is 11.7 Å². The van der Waals surface area contributed by atoms with Crippen molar-refractivity contribution in [3.05, 3.63) is 88.5 Å². The monoisotopic (exact) mass is 553 g/mol. The summed E-state index contributed by atoms with van der Waals surface area (Å²) in [5, 5.41) is 2.67. The number of amides is 1. The van der Waals surface area contributed by atoms with E-state index in [9.17, 15) is 22.8 Å². The minimum Gasteiger partial charge on any atom is -0.486 e. The van der Waals surface area contributed by atoms with Gasteiger partial charge in [0.05, 0.1) is 0 Å². The first kappa shape index (κ1) is 30.9. The highest BCUT2D eigenvalue weighted by Crippen LogP contribution is 2.36. The Balaban J connectivity index is 1.84. The number of ether oxygens (including phenoxy) is 1. The summed E-state index contributed by atoms with van der Waals surface area (Å²) in [7, 11) is 0. The number of halogens is 3. The molecule has 3 aromatic rings. The molecule has 0 aromatic heterocycles. The van der Waals surface area contributed by atoms with Crippen LogP contribution < -0.4 is 10.1 Å². The summed E-state index contributed by atoms with van der Waals surface area (Å²) in [5.41, 5.74) is 6.25. The zero-order valence-electron chi connectivity index (χ0n) is 24.0. The topological polar surface area (TPSA) is 55.4 Å². The average molecular weight is 554 g/mol. The summed E-state index contributed by atoms with van der Waals surface area (Å²) in [6.07, 6.45) is -6.21. The average Bonchev–Trinajstić information content (AvgIpc) is 2.85. The van der Waals surface area contributed by atoms with E-state index >= 15 is 0 Å². The van der Waals surface area contributed by atoms with Crippen molar-refractivity contribution in [1.82, 2.24) is 5.32 Å². The Labute approximate surface area is 235 Å². The van der Waals surface area contributed by atoms with Gasteiger partial charge in [0.2, 0.25) is 0 Å². The number of Topliss-reactive ketones (excluding diaryl/α,β-unsaturated/α-hetero) is 1. The van der Waals surface area contributed by atoms with Gasteiger partial charge in [0.1, 0.15) is 17.6 Å². The lowest BCUT2D eigenvalue weighted by atomic mass is 9.85. The van der Waals surface area contributed by atoms with E-state index in [2.05, 4.69) is 50.4 Å². The first-order valence-electron chi connectivity index (χ1n) is 13.5. The highest BCUT2D eigenvalue weighted by Gasteiger charge is 2.30. The number of nitrogens with one attached hydrogen (secondary N) is 1. The fraction of sp³-hybridized carbons (Fsp3) is 0.394. The molecule has 0 saturated carbocycles. The third-order valence-corrected chi connectivity index (χ3v) is 6.82. The predicted molar refractivity (Wildman–Crippen MR) is 153 cm³/mol. The molecule has 3 aromatic carbocycles. The largest absolute Gasteiger partial charge is 0.486 e. The van der Waals surface area contributed by atoms with Crippen molar-refractivity contribution in [2.75, 3.05) is 6.54 Å². The number of hydrogen-bond donors (Lipinski definition) is 1. The Hall–Kier alpha value is -3.61. The summed E-state index contributed by atoms with van der Waals surface area (Å²) in [6.45, 7) is 12.1. The molecule has 214 valence electrons. The second-order valence-electron chi connectivity index (χ2n) is 11.3. The molecule has 4 nitrogen and oxygen atoms in total. The SMILES string of the molecule is CC(=O)CCNC(=O)c1ccc(C(CCC(F)(F)F)Oc2cc(C)c(-c3ccc(C(C)(C)C)cc3)c(C)c2)cc1. The van der Waals surface area contributed by atoms with Crippen molar-refractivity contribution in [3.63, 3.8) is 0 Å². The zero-order chi connectivity index (χ0) is 29.7. The Morgan fingerprint density at radius 1 is 0.900 bits per heavy atom. The maximum absolute atomic E-state index is 13.2. The maximum Gasteiger partial charge on any atom is 0.389 e. The van der Waals surface area contributed by atoms with Crippen LogP contribution in [0.15, 0.2) is 60.7 Å². The first-order chi connectivity index (χ1) is 18.6. The van der Waals surface area contributed by atoms with Gasteiger partial charge in [-0.2, -0.15) is 13.2 Å². The second kappa shape index (κ2) is 12.7. The molecule has 0 bridgehead atoms. The van der Waals surface area contributed by atoms with Crippen LogP contribution in [-0.2, 0) is 10.2 Å². The van der Waals surface area contributed by atoms with E-state index in [4.69, 9.17) is 4.74 Å². The molecule has 7 heteroatoms. The van der Waals surface area contributed by atoms with Crippen LogP contribution in [0.1, 0.15) is 85.7 Å². The molecule has 0 aliphatic heterocycles. The van der Waals surface area contributed by atoms with Crippen molar-refractivity contribution < 1.29 is 27.5 Å². The van der Waals surface area contributed by atoms with Crippen LogP contribution in [0.4, 0.5) is 13.2 Å². The van der Waals surface area contributed by atoms with E-state index in [0.29, 0.717) is 16.9 Å². The van der Waals surface area contributed by atoms with Gasteiger partial charge in [-0.25, -0.2) is 0 Å². The summed E-state index contributed by atoms with van der Waals surface area (Å²) in [5.74, 6) is 0.110. The minimum absolute atomic E-state index is 0.0303. The first-order valence-corrected chi connectivity index (χ1v) is 13.5. The number of aryl methyl sites for hydroxylation is 2. The third kappa shape index (κ3) is 8.70. The summed E-state index contributed by atoms with van der Waals surface area (Å²) in [6, 6.07) is 18.5. The fourth-order valence-electron chi connectivity index (χ4n) is 4.64. The highest BCUT2D eigenvalue weighted by atomic mass is 19.4. The zero-order valence-corrected chi connectivity index (χ0v) is 24.0. The standard InChI is InChI=1S/C33H38F3NO3/c1-21-19-28(20-22(2)30(21)25-11-13-27(14-12-25)32(4,5)6)40-29(15-17-33(34,35)36)24-7-9-26(10-8-24)31(39)37-18-16-23(3)38/h7-14,19-20,29H,15-18H2,1-6H3,(H,37,39). The van der Waals surface area contributed by atoms with Crippen LogP contribution in [0.25, 0.3) is 11.1 Å². The lowest BCUT2D eigenvalue weighted by molar-refractivity contribution is -0.139. The molecular weight excluding hydrogens is 515 g/mol. The Morgan fingerprint density at radius 2 is 1.48 bits per heavy atom. The summed E-state index contributed by atoms with van der Waals surface area (Å²) >= 11 is 0. The molecule has 0 saturated heterocycles. The Bertz CT molecular complexity index is 1300. The van der Waals surface area contributed by atoms with Crippen molar-refractivity contribution in [3.8, 4) is 16.9 Å². The number of rotatable bonds is 10. The molecule has 1 atom stereocenters. The quantitative estimate of drug-likeness (QED) is 0.274. The predicted octanol–water partition coefficient (Wildman–Crippen LogP) is 8.44. The second-order valence-corrected chi connectivity index (χ2v) is 11.3. The van der Waals surface area contributed by atoms with Gasteiger partial charge in [-0.15, -0.1) is 0 Å². The molecule has 1 unspecified atom stereocenters. The van der Waals surface area contributed by atoms with E-state index in [1.54, 1.807) is 24.3 Å². The van der Waals surface area contributed by atoms with Gasteiger partial charge in [0, 0.05) is 24.9 Å². The molecule has 0 heterocycles. The van der Waals surface area contributed by atoms with E-state index in [-0.39, 0.29) is 36.5 Å². The number of ketones is 1. The van der Waals surface area contributed by atoms with Crippen molar-refractivity contribution in [2.24, 2.45) is 0 Å². The number of carbonyl (C=O) groups excluding carboxylic acids is 2. The smallest absolute Gasteiger partial charge is 0.389 e. The molecule has 0 spiro atoms. The van der Waals surface area contributed by atoms with Crippen LogP contribution >= 0.6 is 0 Å². The molecule has 1 amide bonds. The maximum atomic E-state index is 13.2. The van der Waals surface area contributed by atoms with Gasteiger partial charge < -0.3 is 10.1 Å². The van der Waals surface area contributed by atoms with E-state index in [1.807, 2.05) is 26.0 Å². The molecule has 0 aliphatic rings. The van der Waals surface area contributed by atoms with Crippen LogP contribution in [0.3, 0.4) is 0 Å². The number of alkyl halides is 3. The minimum atomic E-state index is -4.33. The van der Waals surface area contributed by atoms with Crippen LogP contribution in [-0.4, -0.2) is 24.4 Å². The molecule has 3 rings (SSSR count). The van der Waals surface area contributed by atoms with Gasteiger partial charge in [0.15, 0.2) is 0 Å². The Kier molecular flexibility index (Phi) is 9.82. The summed E-state index contributed by atoms with van der Waals surface area (Å²) in [4.78, 5) is 23.4. The number of hydrogen-bond acceptors (Lipinski definition) is 3. The van der Waals surface area contributed by atoms with Gasteiger partial charge in [-0.1, -0.05) is 57.2 Å². The van der Waals surface area contributed by atoms with Gasteiger partial charge in [0.25, 0.3) is 5.91 Å².